The van der Waals surface area contributed by atoms with Gasteiger partial charge in [0.1, 0.15) is 24.4 Å². The van der Waals surface area contributed by atoms with E-state index in [2.05, 4.69) is 16.8 Å². The Bertz CT molecular complexity index is 840. The Kier molecular flexibility index (Phi) is 9.76. The number of carbonyl (C=O) groups is 1. The molecule has 0 spiro atoms. The van der Waals surface area contributed by atoms with Gasteiger partial charge >= 0.3 is 7.82 Å². The normalized spacial score (nSPS) is 35.8. The Hall–Kier alpha value is -0.340. The van der Waals surface area contributed by atoms with Crippen LogP contribution in [0.1, 0.15) is 33.1 Å². The second-order valence-corrected chi connectivity index (χ2v) is 12.9. The number of aliphatic hydroxyl groups is 2. The van der Waals surface area contributed by atoms with Gasteiger partial charge in [-0.1, -0.05) is 13.3 Å². The summed E-state index contributed by atoms with van der Waals surface area (Å²) >= 11 is 6.25. The summed E-state index contributed by atoms with van der Waals surface area (Å²) in [5.74, 6) is -0.0375. The third kappa shape index (κ3) is 7.33. The molecule has 15 heteroatoms. The molecular weight excluding hydrogens is 503 g/mol. The van der Waals surface area contributed by atoms with Crippen molar-refractivity contribution in [2.75, 3.05) is 19.8 Å². The molecule has 12 nitrogen and oxygen atoms in total. The molecule has 5 N–H and O–H groups in total. The molecule has 2 aliphatic rings. The van der Waals surface area contributed by atoms with Crippen molar-refractivity contribution in [2.45, 2.75) is 80.4 Å². The van der Waals surface area contributed by atoms with Gasteiger partial charge in [-0.2, -0.15) is 0 Å². The van der Waals surface area contributed by atoms with Gasteiger partial charge in [-0.05, 0) is 32.7 Å². The molecule has 1 amide bonds. The molecule has 0 aromatic rings. The zero-order chi connectivity index (χ0) is 25.3. The second-order valence-electron chi connectivity index (χ2n) is 8.90. The van der Waals surface area contributed by atoms with Crippen LogP contribution in [0.4, 0.5) is 0 Å². The van der Waals surface area contributed by atoms with Gasteiger partial charge < -0.3 is 30.1 Å². The molecule has 2 aliphatic heterocycles. The SMILES string of the molecule is CCC[C@@H]1C[C@@H](C(=O)N[C@@H]([C@H]2O[C@H](S(C)(=O)=O)[C@H](OP(=O)(O)O)[C@@H](O)[C@H]2O)[C@H](C)Cl)N(C)C1. The van der Waals surface area contributed by atoms with Crippen molar-refractivity contribution in [1.82, 2.24) is 10.2 Å². The number of hydrogen-bond donors (Lipinski definition) is 5. The molecule has 0 bridgehead atoms. The summed E-state index contributed by atoms with van der Waals surface area (Å²) < 4.78 is 45.7. The molecule has 33 heavy (non-hydrogen) atoms. The summed E-state index contributed by atoms with van der Waals surface area (Å²) in [7, 11) is -7.61. The molecule has 0 radical (unpaired) electrons. The summed E-state index contributed by atoms with van der Waals surface area (Å²) in [6.45, 7) is 4.31. The maximum Gasteiger partial charge on any atom is 0.470 e. The Labute approximate surface area is 198 Å². The lowest BCUT2D eigenvalue weighted by molar-refractivity contribution is -0.203. The van der Waals surface area contributed by atoms with Crippen molar-refractivity contribution in [1.29, 1.82) is 0 Å². The number of halogens is 1. The Morgan fingerprint density at radius 3 is 2.42 bits per heavy atom. The van der Waals surface area contributed by atoms with E-state index in [0.29, 0.717) is 12.3 Å². The van der Waals surface area contributed by atoms with Crippen LogP contribution in [0.15, 0.2) is 0 Å². The van der Waals surface area contributed by atoms with Gasteiger partial charge in [0.25, 0.3) is 0 Å². The van der Waals surface area contributed by atoms with Crippen molar-refractivity contribution >= 4 is 35.2 Å². The molecular formula is C18H34ClN2O10PS. The van der Waals surface area contributed by atoms with Gasteiger partial charge in [-0.25, -0.2) is 13.0 Å². The average molecular weight is 537 g/mol. The molecule has 2 fully saturated rings. The second kappa shape index (κ2) is 11.2. The number of likely N-dealkylation sites (tertiary alicyclic amines) is 1. The number of phosphoric acid groups is 1. The fourth-order valence-electron chi connectivity index (χ4n) is 4.52. The summed E-state index contributed by atoms with van der Waals surface area (Å²) in [4.78, 5) is 33.1. The maximum absolute atomic E-state index is 13.0. The first kappa shape index (κ1) is 28.9. The van der Waals surface area contributed by atoms with E-state index in [1.165, 1.54) is 6.92 Å². The summed E-state index contributed by atoms with van der Waals surface area (Å²) in [5, 5.41) is 23.0. The van der Waals surface area contributed by atoms with Crippen LogP contribution in [-0.4, -0.2) is 106 Å². The third-order valence-corrected chi connectivity index (χ3v) is 8.07. The lowest BCUT2D eigenvalue weighted by Gasteiger charge is -2.45. The van der Waals surface area contributed by atoms with Gasteiger partial charge in [-0.15, -0.1) is 11.6 Å². The first-order chi connectivity index (χ1) is 15.1. The quantitative estimate of drug-likeness (QED) is 0.183. The Morgan fingerprint density at radius 1 is 1.33 bits per heavy atom. The molecule has 2 heterocycles. The lowest BCUT2D eigenvalue weighted by atomic mass is 9.92. The minimum absolute atomic E-state index is 0.348. The van der Waals surface area contributed by atoms with Gasteiger partial charge in [-0.3, -0.25) is 14.2 Å². The van der Waals surface area contributed by atoms with E-state index < -0.39 is 65.0 Å². The van der Waals surface area contributed by atoms with Crippen LogP contribution in [-0.2, 0) is 28.5 Å². The molecule has 0 aromatic carbocycles. The van der Waals surface area contributed by atoms with Crippen LogP contribution in [0.2, 0.25) is 0 Å². The molecule has 0 unspecified atom stereocenters. The number of carbonyl (C=O) groups excluding carboxylic acids is 1. The fraction of sp³-hybridized carbons (Fsp3) is 0.944. The van der Waals surface area contributed by atoms with E-state index >= 15 is 0 Å². The van der Waals surface area contributed by atoms with Crippen molar-refractivity contribution < 1.29 is 47.0 Å². The minimum atomic E-state index is -5.24. The molecule has 2 rings (SSSR count). The highest BCUT2D eigenvalue weighted by molar-refractivity contribution is 7.91. The number of phosphoric ester groups is 1. The minimum Gasteiger partial charge on any atom is -0.388 e. The number of sulfone groups is 1. The largest absolute Gasteiger partial charge is 0.470 e. The number of amides is 1. The first-order valence-corrected chi connectivity index (χ1v) is 14.6. The summed E-state index contributed by atoms with van der Waals surface area (Å²) in [5.41, 5.74) is -2.02. The predicted octanol–water partition coefficient (Wildman–Crippen LogP) is -0.812. The highest BCUT2D eigenvalue weighted by Gasteiger charge is 2.54. The monoisotopic (exact) mass is 536 g/mol. The van der Waals surface area contributed by atoms with Gasteiger partial charge in [0, 0.05) is 12.8 Å². The van der Waals surface area contributed by atoms with Crippen LogP contribution < -0.4 is 5.32 Å². The Morgan fingerprint density at radius 2 is 1.94 bits per heavy atom. The van der Waals surface area contributed by atoms with Crippen molar-refractivity contribution in [3.05, 3.63) is 0 Å². The van der Waals surface area contributed by atoms with Crippen molar-refractivity contribution in [3.8, 4) is 0 Å². The van der Waals surface area contributed by atoms with Gasteiger partial charge in [0.2, 0.25) is 5.91 Å². The van der Waals surface area contributed by atoms with E-state index in [4.69, 9.17) is 26.1 Å². The average Bonchev–Trinajstić information content (AvgIpc) is 3.02. The number of alkyl halides is 1. The zero-order valence-corrected chi connectivity index (χ0v) is 21.4. The number of hydrogen-bond acceptors (Lipinski definition) is 9. The Balaban J connectivity index is 2.27. The highest BCUT2D eigenvalue weighted by atomic mass is 35.5. The molecule has 9 atom stereocenters. The predicted molar refractivity (Wildman–Crippen MR) is 119 cm³/mol. The highest BCUT2D eigenvalue weighted by Crippen LogP contribution is 2.42. The molecule has 0 aliphatic carbocycles. The van der Waals surface area contributed by atoms with E-state index in [1.54, 1.807) is 0 Å². The number of ether oxygens (including phenoxy) is 1. The number of nitrogens with one attached hydrogen (secondary N) is 1. The zero-order valence-electron chi connectivity index (χ0n) is 18.9. The topological polar surface area (TPSA) is 183 Å². The summed E-state index contributed by atoms with van der Waals surface area (Å²) in [6, 6.07) is -1.58. The van der Waals surface area contributed by atoms with E-state index in [0.717, 1.165) is 25.6 Å². The van der Waals surface area contributed by atoms with Crippen LogP contribution in [0, 0.1) is 5.92 Å². The molecule has 194 valence electrons. The number of rotatable bonds is 9. The molecule has 2 saturated heterocycles. The number of aliphatic hydroxyl groups excluding tert-OH is 2. The van der Waals surface area contributed by atoms with Crippen LogP contribution >= 0.6 is 19.4 Å². The standard InChI is InChI=1S/C18H34ClN2O10PS/c1-5-6-10-7-11(21(3)8-10)17(24)20-12(9(2)19)15-13(22)14(23)16(31-32(25,26)27)18(30-15)33(4,28)29/h9-16,18,22-23H,5-8H2,1-4H3,(H,20,24)(H2,25,26,27)/t9-,10+,11-,12+,13+,14-,15+,16+,18+/m0/s1. The number of nitrogens with zero attached hydrogens (tertiary/aromatic N) is 1. The molecule has 0 saturated carbocycles. The van der Waals surface area contributed by atoms with Crippen molar-refractivity contribution in [3.63, 3.8) is 0 Å². The van der Waals surface area contributed by atoms with E-state index in [9.17, 15) is 28.0 Å². The van der Waals surface area contributed by atoms with Crippen molar-refractivity contribution in [2.24, 2.45) is 5.92 Å². The van der Waals surface area contributed by atoms with Crippen LogP contribution in [0.3, 0.4) is 0 Å². The fourth-order valence-corrected chi connectivity index (χ4v) is 6.40. The summed E-state index contributed by atoms with van der Waals surface area (Å²) in [6.07, 6.45) is -4.16. The van der Waals surface area contributed by atoms with Crippen LogP contribution in [0.25, 0.3) is 0 Å². The van der Waals surface area contributed by atoms with E-state index in [-0.39, 0.29) is 5.91 Å². The van der Waals surface area contributed by atoms with E-state index in [1.807, 2.05) is 11.9 Å². The third-order valence-electron chi connectivity index (χ3n) is 6.06. The van der Waals surface area contributed by atoms with Crippen LogP contribution in [0.5, 0.6) is 0 Å². The van der Waals surface area contributed by atoms with Gasteiger partial charge in [0.05, 0.1) is 17.5 Å². The lowest BCUT2D eigenvalue weighted by Crippen LogP contribution is -2.67. The first-order valence-electron chi connectivity index (χ1n) is 10.7. The molecule has 0 aromatic heterocycles. The maximum atomic E-state index is 13.0. The smallest absolute Gasteiger partial charge is 0.388 e. The van der Waals surface area contributed by atoms with Gasteiger partial charge in [0.15, 0.2) is 15.3 Å². The number of likely N-dealkylation sites (N-methyl/N-ethyl adjacent to an activating group) is 1.